The summed E-state index contributed by atoms with van der Waals surface area (Å²) in [6, 6.07) is -0.0929. The zero-order valence-electron chi connectivity index (χ0n) is 10.1. The van der Waals surface area contributed by atoms with Crippen LogP contribution in [0.3, 0.4) is 0 Å². The van der Waals surface area contributed by atoms with Crippen LogP contribution in [0.5, 0.6) is 0 Å². The number of carboxylic acids is 1. The first-order valence-corrected chi connectivity index (χ1v) is 5.63. The molecule has 1 fully saturated rings. The minimum absolute atomic E-state index is 0.113. The molecule has 0 unspecified atom stereocenters. The number of carbonyl (C=O) groups is 2. The van der Waals surface area contributed by atoms with Gasteiger partial charge in [0.25, 0.3) is 0 Å². The van der Waals surface area contributed by atoms with Crippen molar-refractivity contribution in [2.75, 3.05) is 13.6 Å². The lowest BCUT2D eigenvalue weighted by molar-refractivity contribution is -0.153. The molecular formula is C11H20N2O3. The lowest BCUT2D eigenvalue weighted by Gasteiger charge is -2.38. The second-order valence-corrected chi connectivity index (χ2v) is 4.80. The summed E-state index contributed by atoms with van der Waals surface area (Å²) in [6.45, 7) is 4.06. The highest BCUT2D eigenvalue weighted by atomic mass is 16.4. The van der Waals surface area contributed by atoms with Crippen LogP contribution in [0, 0.1) is 5.41 Å². The molecule has 0 aromatic carbocycles. The number of nitrogens with zero attached hydrogens (tertiary/aromatic N) is 1. The Labute approximate surface area is 95.8 Å². The number of carbonyl (C=O) groups excluding carboxylic acids is 1. The van der Waals surface area contributed by atoms with E-state index in [9.17, 15) is 9.59 Å². The third-order valence-electron chi connectivity index (χ3n) is 3.44. The smallest absolute Gasteiger partial charge is 0.317 e. The Morgan fingerprint density at radius 2 is 2.00 bits per heavy atom. The van der Waals surface area contributed by atoms with Crippen LogP contribution in [-0.2, 0) is 4.79 Å². The van der Waals surface area contributed by atoms with E-state index in [4.69, 9.17) is 5.11 Å². The van der Waals surface area contributed by atoms with E-state index in [1.54, 1.807) is 11.9 Å². The van der Waals surface area contributed by atoms with Crippen LogP contribution in [0.2, 0.25) is 0 Å². The van der Waals surface area contributed by atoms with Crippen molar-refractivity contribution in [3.63, 3.8) is 0 Å². The maximum atomic E-state index is 11.6. The van der Waals surface area contributed by atoms with Crippen molar-refractivity contribution < 1.29 is 14.7 Å². The van der Waals surface area contributed by atoms with Gasteiger partial charge in [0.15, 0.2) is 0 Å². The number of rotatable bonds is 4. The topological polar surface area (TPSA) is 69.6 Å². The molecule has 92 valence electrons. The molecule has 2 N–H and O–H groups in total. The Morgan fingerprint density at radius 1 is 1.44 bits per heavy atom. The molecule has 0 saturated heterocycles. The van der Waals surface area contributed by atoms with Crippen LogP contribution < -0.4 is 5.32 Å². The molecule has 0 atom stereocenters. The van der Waals surface area contributed by atoms with Crippen LogP contribution in [0.1, 0.15) is 33.1 Å². The molecule has 0 radical (unpaired) electrons. The maximum absolute atomic E-state index is 11.6. The van der Waals surface area contributed by atoms with Gasteiger partial charge < -0.3 is 15.3 Å². The van der Waals surface area contributed by atoms with Crippen LogP contribution in [0.25, 0.3) is 0 Å². The molecule has 0 aromatic heterocycles. The largest absolute Gasteiger partial charge is 0.481 e. The van der Waals surface area contributed by atoms with E-state index in [1.807, 2.05) is 13.8 Å². The number of nitrogens with one attached hydrogen (secondary N) is 1. The Morgan fingerprint density at radius 3 is 2.31 bits per heavy atom. The monoisotopic (exact) mass is 228 g/mol. The summed E-state index contributed by atoms with van der Waals surface area (Å²) >= 11 is 0. The van der Waals surface area contributed by atoms with Gasteiger partial charge in [-0.3, -0.25) is 4.79 Å². The van der Waals surface area contributed by atoms with Gasteiger partial charge in [0.05, 0.1) is 5.41 Å². The van der Waals surface area contributed by atoms with E-state index in [2.05, 4.69) is 5.32 Å². The summed E-state index contributed by atoms with van der Waals surface area (Å²) < 4.78 is 0. The number of urea groups is 1. The summed E-state index contributed by atoms with van der Waals surface area (Å²) in [7, 11) is 1.70. The summed E-state index contributed by atoms with van der Waals surface area (Å²) in [4.78, 5) is 24.2. The van der Waals surface area contributed by atoms with Crippen LogP contribution in [-0.4, -0.2) is 41.6 Å². The predicted molar refractivity (Wildman–Crippen MR) is 60.2 cm³/mol. The van der Waals surface area contributed by atoms with Gasteiger partial charge in [0, 0.05) is 19.6 Å². The van der Waals surface area contributed by atoms with Gasteiger partial charge in [-0.25, -0.2) is 4.79 Å². The van der Waals surface area contributed by atoms with Gasteiger partial charge in [0.2, 0.25) is 0 Å². The first-order valence-electron chi connectivity index (χ1n) is 5.63. The van der Waals surface area contributed by atoms with Crippen LogP contribution in [0.15, 0.2) is 0 Å². The fourth-order valence-corrected chi connectivity index (χ4v) is 1.67. The van der Waals surface area contributed by atoms with Crippen LogP contribution >= 0.6 is 0 Å². The molecule has 1 aliphatic carbocycles. The predicted octanol–water partition coefficient (Wildman–Crippen LogP) is 1.29. The normalized spacial score (nSPS) is 17.8. The maximum Gasteiger partial charge on any atom is 0.317 e. The fraction of sp³-hybridized carbons (Fsp3) is 0.818. The van der Waals surface area contributed by atoms with Crippen molar-refractivity contribution >= 4 is 12.0 Å². The Hall–Kier alpha value is -1.26. The average Bonchev–Trinajstić information content (AvgIpc) is 2.13. The molecule has 0 heterocycles. The molecule has 0 spiro atoms. The Kier molecular flexibility index (Phi) is 3.78. The molecule has 1 aliphatic rings. The molecule has 1 saturated carbocycles. The molecule has 5 nitrogen and oxygen atoms in total. The first-order chi connectivity index (χ1) is 7.39. The molecule has 5 heteroatoms. The van der Waals surface area contributed by atoms with E-state index < -0.39 is 11.4 Å². The molecule has 0 aromatic rings. The van der Waals surface area contributed by atoms with Gasteiger partial charge in [-0.15, -0.1) is 0 Å². The summed E-state index contributed by atoms with van der Waals surface area (Å²) in [5, 5.41) is 11.8. The van der Waals surface area contributed by atoms with Gasteiger partial charge in [-0.05, 0) is 26.7 Å². The van der Waals surface area contributed by atoms with Crippen molar-refractivity contribution in [3.8, 4) is 0 Å². The number of hydrogen-bond donors (Lipinski definition) is 2. The van der Waals surface area contributed by atoms with Crippen molar-refractivity contribution in [1.29, 1.82) is 0 Å². The van der Waals surface area contributed by atoms with Gasteiger partial charge >= 0.3 is 12.0 Å². The molecule has 1 rings (SSSR count). The standard InChI is InChI=1S/C11H20N2O3/c1-8(2)13(3)10(16)12-7-11(9(14)15)5-4-6-11/h8H,4-7H2,1-3H3,(H,12,16)(H,14,15). The van der Waals surface area contributed by atoms with Gasteiger partial charge in [0.1, 0.15) is 0 Å². The summed E-state index contributed by atoms with van der Waals surface area (Å²) in [5.74, 6) is -0.800. The number of hydrogen-bond acceptors (Lipinski definition) is 2. The second-order valence-electron chi connectivity index (χ2n) is 4.80. The molecule has 2 amide bonds. The zero-order valence-corrected chi connectivity index (χ0v) is 10.1. The van der Waals surface area contributed by atoms with E-state index in [-0.39, 0.29) is 18.6 Å². The minimum atomic E-state index is -0.800. The molecular weight excluding hydrogens is 208 g/mol. The van der Waals surface area contributed by atoms with Crippen LogP contribution in [0.4, 0.5) is 4.79 Å². The Bertz CT molecular complexity index is 285. The van der Waals surface area contributed by atoms with Crippen molar-refractivity contribution in [2.24, 2.45) is 5.41 Å². The van der Waals surface area contributed by atoms with Crippen molar-refractivity contribution in [1.82, 2.24) is 10.2 Å². The van der Waals surface area contributed by atoms with Crippen molar-refractivity contribution in [3.05, 3.63) is 0 Å². The highest BCUT2D eigenvalue weighted by Gasteiger charge is 2.44. The fourth-order valence-electron chi connectivity index (χ4n) is 1.67. The zero-order chi connectivity index (χ0) is 12.3. The third-order valence-corrected chi connectivity index (χ3v) is 3.44. The number of aliphatic carboxylic acids is 1. The second kappa shape index (κ2) is 4.72. The SMILES string of the molecule is CC(C)N(C)C(=O)NCC1(C(=O)O)CCC1. The number of amides is 2. The molecule has 0 aliphatic heterocycles. The van der Waals surface area contributed by atoms with E-state index in [0.29, 0.717) is 12.8 Å². The average molecular weight is 228 g/mol. The quantitative estimate of drug-likeness (QED) is 0.761. The minimum Gasteiger partial charge on any atom is -0.481 e. The summed E-state index contributed by atoms with van der Waals surface area (Å²) in [6.07, 6.45) is 2.25. The summed E-state index contributed by atoms with van der Waals surface area (Å²) in [5.41, 5.74) is -0.715. The molecule has 0 bridgehead atoms. The highest BCUT2D eigenvalue weighted by Crippen LogP contribution is 2.40. The highest BCUT2D eigenvalue weighted by molar-refractivity contribution is 5.78. The van der Waals surface area contributed by atoms with Gasteiger partial charge in [-0.1, -0.05) is 6.42 Å². The lowest BCUT2D eigenvalue weighted by Crippen LogP contribution is -2.51. The van der Waals surface area contributed by atoms with E-state index >= 15 is 0 Å². The van der Waals surface area contributed by atoms with E-state index in [0.717, 1.165) is 6.42 Å². The number of carboxylic acid groups (broad SMARTS) is 1. The Balaban J connectivity index is 2.45. The van der Waals surface area contributed by atoms with Gasteiger partial charge in [-0.2, -0.15) is 0 Å². The lowest BCUT2D eigenvalue weighted by atomic mass is 9.69. The third kappa shape index (κ3) is 2.46. The van der Waals surface area contributed by atoms with E-state index in [1.165, 1.54) is 0 Å². The molecule has 16 heavy (non-hydrogen) atoms. The first kappa shape index (κ1) is 12.8. The van der Waals surface area contributed by atoms with Crippen molar-refractivity contribution in [2.45, 2.75) is 39.2 Å².